The van der Waals surface area contributed by atoms with Crippen LogP contribution in [-0.4, -0.2) is 88.7 Å². The van der Waals surface area contributed by atoms with E-state index in [1.807, 2.05) is 6.92 Å². The Morgan fingerprint density at radius 2 is 1.93 bits per heavy atom. The average molecular weight is 634 g/mol. The van der Waals surface area contributed by atoms with Gasteiger partial charge in [0.1, 0.15) is 28.6 Å². The van der Waals surface area contributed by atoms with Crippen LogP contribution in [0.5, 0.6) is 11.8 Å². The van der Waals surface area contributed by atoms with Gasteiger partial charge in [0.15, 0.2) is 5.82 Å². The number of halogens is 2. The highest BCUT2D eigenvalue weighted by atomic mass is 19.1. The Labute approximate surface area is 267 Å². The van der Waals surface area contributed by atoms with Crippen LogP contribution in [0.15, 0.2) is 30.5 Å². The molecule has 9 nitrogen and oxygen atoms in total. The lowest BCUT2D eigenvalue weighted by molar-refractivity contribution is -0.00682. The Balaban J connectivity index is 1.34. The molecule has 0 radical (unpaired) electrons. The molecule has 2 aromatic heterocycles. The number of aryl methyl sites for hydroxylation is 1. The van der Waals surface area contributed by atoms with Gasteiger partial charge in [-0.3, -0.25) is 9.88 Å². The summed E-state index contributed by atoms with van der Waals surface area (Å²) in [5.41, 5.74) is 0.692. The number of nitrogens with zero attached hydrogens (tertiary/aromatic N) is 5. The number of likely N-dealkylation sites (tertiary alicyclic amines) is 1. The van der Waals surface area contributed by atoms with Crippen molar-refractivity contribution in [3.8, 4) is 23.0 Å². The molecule has 46 heavy (non-hydrogen) atoms. The number of pyridine rings is 1. The first-order chi connectivity index (χ1) is 22.4. The zero-order chi connectivity index (χ0) is 31.8. The fourth-order valence-corrected chi connectivity index (χ4v) is 8.12. The molecule has 4 aromatic rings. The zero-order valence-corrected chi connectivity index (χ0v) is 26.3. The minimum Gasteiger partial charge on any atom is -0.508 e. The van der Waals surface area contributed by atoms with Crippen molar-refractivity contribution >= 4 is 27.5 Å². The maximum Gasteiger partial charge on any atom is 0.319 e. The minimum absolute atomic E-state index is 0.0233. The molecule has 2 N–H and O–H groups in total. The first-order valence-electron chi connectivity index (χ1n) is 16.5. The lowest BCUT2D eigenvalue weighted by Crippen LogP contribution is -2.52. The second kappa shape index (κ2) is 12.8. The molecule has 4 heterocycles. The van der Waals surface area contributed by atoms with Crippen molar-refractivity contribution in [1.82, 2.24) is 19.9 Å². The first kappa shape index (κ1) is 31.0. The van der Waals surface area contributed by atoms with E-state index in [1.165, 1.54) is 12.1 Å². The second-order valence-corrected chi connectivity index (χ2v) is 12.9. The Hall–Kier alpha value is -3.67. The summed E-state index contributed by atoms with van der Waals surface area (Å²) in [5, 5.41) is 21.8. The Morgan fingerprint density at radius 3 is 2.78 bits per heavy atom. The highest BCUT2D eigenvalue weighted by molar-refractivity contribution is 6.01. The van der Waals surface area contributed by atoms with Crippen molar-refractivity contribution < 1.29 is 28.5 Å². The fraction of sp³-hybridized carbons (Fsp3) is 0.514. The van der Waals surface area contributed by atoms with Gasteiger partial charge in [0, 0.05) is 49.5 Å². The number of fused-ring (bicyclic) bond motifs is 3. The van der Waals surface area contributed by atoms with Crippen LogP contribution < -0.4 is 9.64 Å². The van der Waals surface area contributed by atoms with Gasteiger partial charge in [-0.2, -0.15) is 9.97 Å². The molecule has 0 amide bonds. The van der Waals surface area contributed by atoms with E-state index >= 15 is 4.39 Å². The van der Waals surface area contributed by atoms with Gasteiger partial charge in [-0.05, 0) is 79.6 Å². The lowest BCUT2D eigenvalue weighted by atomic mass is 9.75. The average Bonchev–Trinajstić information content (AvgIpc) is 3.31. The summed E-state index contributed by atoms with van der Waals surface area (Å²) in [6, 6.07) is 6.35. The van der Waals surface area contributed by atoms with Crippen molar-refractivity contribution in [3.63, 3.8) is 0 Å². The molecule has 2 atom stereocenters. The van der Waals surface area contributed by atoms with Crippen LogP contribution in [0.4, 0.5) is 14.6 Å². The molecule has 0 spiro atoms. The monoisotopic (exact) mass is 633 g/mol. The molecular weight excluding hydrogens is 592 g/mol. The number of ether oxygens (including phenoxy) is 2. The number of benzene rings is 2. The van der Waals surface area contributed by atoms with Crippen LogP contribution in [0.1, 0.15) is 51.0 Å². The molecule has 3 fully saturated rings. The summed E-state index contributed by atoms with van der Waals surface area (Å²) in [5.74, 6) is -0.603. The number of aliphatic hydroxyl groups is 1. The van der Waals surface area contributed by atoms with Gasteiger partial charge in [0.25, 0.3) is 0 Å². The lowest BCUT2D eigenvalue weighted by Gasteiger charge is -2.46. The molecule has 3 aliphatic rings. The largest absolute Gasteiger partial charge is 0.508 e. The van der Waals surface area contributed by atoms with Gasteiger partial charge in [0.2, 0.25) is 0 Å². The molecule has 11 heteroatoms. The van der Waals surface area contributed by atoms with Crippen molar-refractivity contribution in [2.75, 3.05) is 57.5 Å². The van der Waals surface area contributed by atoms with Gasteiger partial charge in [-0.25, -0.2) is 8.78 Å². The molecule has 2 saturated heterocycles. The van der Waals surface area contributed by atoms with E-state index in [0.717, 1.165) is 45.1 Å². The van der Waals surface area contributed by atoms with E-state index in [-0.39, 0.29) is 35.0 Å². The number of aliphatic hydroxyl groups excluding tert-OH is 1. The summed E-state index contributed by atoms with van der Waals surface area (Å²) in [6.45, 7) is 6.39. The van der Waals surface area contributed by atoms with E-state index in [0.29, 0.717) is 85.0 Å². The molecule has 2 aliphatic heterocycles. The molecule has 7 rings (SSSR count). The van der Waals surface area contributed by atoms with E-state index < -0.39 is 11.6 Å². The summed E-state index contributed by atoms with van der Waals surface area (Å²) in [4.78, 5) is 18.5. The van der Waals surface area contributed by atoms with Crippen LogP contribution in [0.25, 0.3) is 32.9 Å². The van der Waals surface area contributed by atoms with E-state index in [1.54, 1.807) is 18.3 Å². The predicted octanol–water partition coefficient (Wildman–Crippen LogP) is 5.62. The summed E-state index contributed by atoms with van der Waals surface area (Å²) in [7, 11) is 0. The predicted molar refractivity (Wildman–Crippen MR) is 172 cm³/mol. The fourth-order valence-electron chi connectivity index (χ4n) is 8.12. The number of hydrogen-bond donors (Lipinski definition) is 2. The van der Waals surface area contributed by atoms with Crippen molar-refractivity contribution in [2.45, 2.75) is 57.9 Å². The number of phenolic OH excluding ortho intramolecular Hbond substituents is 1. The Bertz CT molecular complexity index is 1750. The highest BCUT2D eigenvalue weighted by Gasteiger charge is 2.48. The number of anilines is 1. The number of aromatic hydroxyl groups is 1. The van der Waals surface area contributed by atoms with Gasteiger partial charge in [0.05, 0.1) is 25.2 Å². The molecule has 0 bridgehead atoms. The van der Waals surface area contributed by atoms with Crippen molar-refractivity contribution in [3.05, 3.63) is 47.7 Å². The van der Waals surface area contributed by atoms with Gasteiger partial charge >= 0.3 is 6.01 Å². The topological polar surface area (TPSA) is 104 Å². The third kappa shape index (κ3) is 5.52. The number of aromatic nitrogens is 3. The van der Waals surface area contributed by atoms with Crippen LogP contribution >= 0.6 is 0 Å². The maximum absolute atomic E-state index is 16.8. The van der Waals surface area contributed by atoms with Crippen LogP contribution in [0.2, 0.25) is 0 Å². The van der Waals surface area contributed by atoms with Crippen molar-refractivity contribution in [1.29, 1.82) is 0 Å². The Morgan fingerprint density at radius 1 is 1.07 bits per heavy atom. The number of hydrogen-bond acceptors (Lipinski definition) is 9. The SMILES string of the molecule is CCc1c(F)ccc2cc(O)cc(-c3ncc4c(N5CCCOCC5)nc(OC[C@]56CCC[C@H]5N(CCO)CCC6)nc4c3F)c12. The number of phenols is 1. The standard InChI is InChI=1S/C35H41F2N5O4/c1-2-24-27(36)8-7-22-18-23(44)19-25(29(22)24)31-30(37)32-26(20-38-31)33(42-12-5-16-45-17-14-42)40-34(39-32)46-21-35-9-3-6-28(35)41(13-15-43)11-4-10-35/h7-8,18-20,28,43-44H,2-6,9-17,21H2,1H3/t28-,35-/m1/s1. The molecule has 1 saturated carbocycles. The zero-order valence-electron chi connectivity index (χ0n) is 26.3. The van der Waals surface area contributed by atoms with Crippen molar-refractivity contribution in [2.24, 2.45) is 5.41 Å². The molecular formula is C35H41F2N5O4. The summed E-state index contributed by atoms with van der Waals surface area (Å²) >= 11 is 0. The normalized spacial score (nSPS) is 22.3. The molecule has 244 valence electrons. The summed E-state index contributed by atoms with van der Waals surface area (Å²) in [6.07, 6.45) is 7.97. The first-order valence-corrected chi connectivity index (χ1v) is 16.5. The third-order valence-electron chi connectivity index (χ3n) is 10.2. The number of β-amino-alcohol motifs (C(OH)–C–C–N with tert-alkyl or cyclic N) is 1. The highest BCUT2D eigenvalue weighted by Crippen LogP contribution is 2.48. The van der Waals surface area contributed by atoms with E-state index in [4.69, 9.17) is 14.5 Å². The molecule has 2 aromatic carbocycles. The Kier molecular flexibility index (Phi) is 8.65. The van der Waals surface area contributed by atoms with Gasteiger partial charge in [-0.15, -0.1) is 0 Å². The number of rotatable bonds is 8. The second-order valence-electron chi connectivity index (χ2n) is 12.9. The molecule has 0 unspecified atom stereocenters. The van der Waals surface area contributed by atoms with E-state index in [9.17, 15) is 14.6 Å². The van der Waals surface area contributed by atoms with E-state index in [2.05, 4.69) is 19.8 Å². The van der Waals surface area contributed by atoms with Crippen LogP contribution in [0.3, 0.4) is 0 Å². The summed E-state index contributed by atoms with van der Waals surface area (Å²) < 4.78 is 43.9. The van der Waals surface area contributed by atoms with Gasteiger partial charge < -0.3 is 24.6 Å². The molecule has 1 aliphatic carbocycles. The minimum atomic E-state index is -0.682. The quantitative estimate of drug-likeness (QED) is 0.256. The van der Waals surface area contributed by atoms with Crippen LogP contribution in [0, 0.1) is 17.0 Å². The third-order valence-corrected chi connectivity index (χ3v) is 10.2. The smallest absolute Gasteiger partial charge is 0.319 e. The van der Waals surface area contributed by atoms with Gasteiger partial charge in [-0.1, -0.05) is 19.4 Å². The maximum atomic E-state index is 16.8. The van der Waals surface area contributed by atoms with Crippen LogP contribution in [-0.2, 0) is 11.2 Å². The number of piperidine rings is 1.